The summed E-state index contributed by atoms with van der Waals surface area (Å²) in [5.74, 6) is 0.261. The number of halogens is 1. The van der Waals surface area contributed by atoms with Gasteiger partial charge >= 0.3 is 0 Å². The summed E-state index contributed by atoms with van der Waals surface area (Å²) in [6, 6.07) is 6.79. The van der Waals surface area contributed by atoms with Gasteiger partial charge in [0.1, 0.15) is 0 Å². The van der Waals surface area contributed by atoms with Gasteiger partial charge < -0.3 is 4.74 Å². The van der Waals surface area contributed by atoms with Gasteiger partial charge in [0.2, 0.25) is 10.0 Å². The molecule has 2 rings (SSSR count). The van der Waals surface area contributed by atoms with Crippen LogP contribution in [0.3, 0.4) is 0 Å². The van der Waals surface area contributed by atoms with E-state index in [0.29, 0.717) is 11.5 Å². The molecule has 19 heavy (non-hydrogen) atoms. The molecule has 1 aliphatic rings. The Hall–Kier alpha value is -0.430. The van der Waals surface area contributed by atoms with Gasteiger partial charge in [-0.1, -0.05) is 28.1 Å². The van der Waals surface area contributed by atoms with Crippen molar-refractivity contribution >= 4 is 26.0 Å². The summed E-state index contributed by atoms with van der Waals surface area (Å²) in [6.45, 7) is 3.24. The molecule has 0 aliphatic carbocycles. The summed E-state index contributed by atoms with van der Waals surface area (Å²) in [6.07, 6.45) is 0.909. The van der Waals surface area contributed by atoms with E-state index in [1.165, 1.54) is 0 Å². The molecule has 0 saturated carbocycles. The number of hydrogen-bond acceptors (Lipinski definition) is 3. The maximum Gasteiger partial charge on any atom is 0.240 e. The summed E-state index contributed by atoms with van der Waals surface area (Å²) < 4.78 is 32.5. The number of alkyl halides is 1. The molecule has 6 heteroatoms. The first-order valence-electron chi connectivity index (χ1n) is 6.28. The summed E-state index contributed by atoms with van der Waals surface area (Å²) in [7, 11) is -3.44. The van der Waals surface area contributed by atoms with Crippen LogP contribution >= 0.6 is 15.9 Å². The molecule has 2 atom stereocenters. The van der Waals surface area contributed by atoms with E-state index in [9.17, 15) is 8.42 Å². The van der Waals surface area contributed by atoms with Gasteiger partial charge in [-0.25, -0.2) is 13.1 Å². The van der Waals surface area contributed by atoms with Crippen molar-refractivity contribution in [2.45, 2.75) is 29.6 Å². The largest absolute Gasteiger partial charge is 0.381 e. The minimum absolute atomic E-state index is 0.108. The van der Waals surface area contributed by atoms with Crippen LogP contribution in [0.25, 0.3) is 0 Å². The Kier molecular flexibility index (Phi) is 5.00. The highest BCUT2D eigenvalue weighted by atomic mass is 79.9. The van der Waals surface area contributed by atoms with Crippen molar-refractivity contribution in [3.63, 3.8) is 0 Å². The molecule has 1 aromatic rings. The monoisotopic (exact) mass is 347 g/mol. The highest BCUT2D eigenvalue weighted by molar-refractivity contribution is 9.08. The fourth-order valence-corrected chi connectivity index (χ4v) is 3.80. The van der Waals surface area contributed by atoms with Gasteiger partial charge in [0.25, 0.3) is 0 Å². The number of benzene rings is 1. The minimum atomic E-state index is -3.44. The summed E-state index contributed by atoms with van der Waals surface area (Å²) in [4.78, 5) is 0.308. The summed E-state index contributed by atoms with van der Waals surface area (Å²) >= 11 is 3.34. The second-order valence-electron chi connectivity index (χ2n) is 4.81. The zero-order valence-electron chi connectivity index (χ0n) is 10.8. The molecule has 1 saturated heterocycles. The van der Waals surface area contributed by atoms with Gasteiger partial charge in [0, 0.05) is 23.9 Å². The summed E-state index contributed by atoms with van der Waals surface area (Å²) in [5, 5.41) is 0.719. The second-order valence-corrected chi connectivity index (χ2v) is 7.09. The lowest BCUT2D eigenvalue weighted by Crippen LogP contribution is -2.38. The van der Waals surface area contributed by atoms with Gasteiger partial charge in [-0.2, -0.15) is 0 Å². The molecule has 106 valence electrons. The van der Waals surface area contributed by atoms with Gasteiger partial charge in [0.05, 0.1) is 11.5 Å². The highest BCUT2D eigenvalue weighted by Crippen LogP contribution is 2.19. The molecule has 0 spiro atoms. The Morgan fingerprint density at radius 2 is 2.11 bits per heavy atom. The fourth-order valence-electron chi connectivity index (χ4n) is 2.11. The molecule has 0 amide bonds. The molecule has 2 unspecified atom stereocenters. The van der Waals surface area contributed by atoms with E-state index in [0.717, 1.165) is 23.9 Å². The van der Waals surface area contributed by atoms with Crippen molar-refractivity contribution in [1.29, 1.82) is 0 Å². The maximum absolute atomic E-state index is 12.2. The van der Waals surface area contributed by atoms with Gasteiger partial charge in [0.15, 0.2) is 0 Å². The second kappa shape index (κ2) is 6.35. The third-order valence-corrected chi connectivity index (χ3v) is 5.62. The Morgan fingerprint density at radius 3 is 2.63 bits per heavy atom. The molecule has 1 aliphatic heterocycles. The van der Waals surface area contributed by atoms with E-state index < -0.39 is 10.0 Å². The Bertz CT molecular complexity index is 509. The zero-order valence-corrected chi connectivity index (χ0v) is 13.2. The van der Waals surface area contributed by atoms with Gasteiger partial charge in [-0.05, 0) is 31.0 Å². The van der Waals surface area contributed by atoms with Crippen LogP contribution in [0, 0.1) is 5.92 Å². The maximum atomic E-state index is 12.2. The number of nitrogens with one attached hydrogen (secondary N) is 1. The van der Waals surface area contributed by atoms with E-state index in [1.807, 2.05) is 19.1 Å². The van der Waals surface area contributed by atoms with Crippen molar-refractivity contribution in [3.05, 3.63) is 29.8 Å². The SMILES string of the molecule is CC(NS(=O)(=O)c1ccc(CBr)cc1)C1CCOC1. The van der Waals surface area contributed by atoms with Crippen LogP contribution in [0.1, 0.15) is 18.9 Å². The normalized spacial score (nSPS) is 21.5. The quantitative estimate of drug-likeness (QED) is 0.831. The van der Waals surface area contributed by atoms with E-state index in [2.05, 4.69) is 20.7 Å². The predicted molar refractivity (Wildman–Crippen MR) is 77.8 cm³/mol. The fraction of sp³-hybridized carbons (Fsp3) is 0.538. The Morgan fingerprint density at radius 1 is 1.42 bits per heavy atom. The van der Waals surface area contributed by atoms with Crippen LogP contribution in [-0.2, 0) is 20.1 Å². The molecule has 1 aromatic carbocycles. The molecule has 0 radical (unpaired) electrons. The highest BCUT2D eigenvalue weighted by Gasteiger charge is 2.26. The minimum Gasteiger partial charge on any atom is -0.381 e. The van der Waals surface area contributed by atoms with Crippen LogP contribution < -0.4 is 4.72 Å². The number of ether oxygens (including phenoxy) is 1. The summed E-state index contributed by atoms with van der Waals surface area (Å²) in [5.41, 5.74) is 1.05. The molecule has 1 N–H and O–H groups in total. The van der Waals surface area contributed by atoms with Gasteiger partial charge in [-0.15, -0.1) is 0 Å². The number of rotatable bonds is 5. The third kappa shape index (κ3) is 3.78. The standard InChI is InChI=1S/C13H18BrNO3S/c1-10(12-6-7-18-9-12)15-19(16,17)13-4-2-11(8-14)3-5-13/h2-5,10,12,15H,6-9H2,1H3. The predicted octanol–water partition coefficient (Wildman–Crippen LogP) is 2.28. The van der Waals surface area contributed by atoms with Crippen LogP contribution in [0.5, 0.6) is 0 Å². The van der Waals surface area contributed by atoms with Crippen LogP contribution in [0.4, 0.5) is 0 Å². The van der Waals surface area contributed by atoms with E-state index >= 15 is 0 Å². The van der Waals surface area contributed by atoms with Crippen LogP contribution in [-0.4, -0.2) is 27.7 Å². The van der Waals surface area contributed by atoms with Crippen molar-refractivity contribution < 1.29 is 13.2 Å². The first-order chi connectivity index (χ1) is 9.03. The van der Waals surface area contributed by atoms with Crippen LogP contribution in [0.15, 0.2) is 29.2 Å². The van der Waals surface area contributed by atoms with E-state index in [-0.39, 0.29) is 12.0 Å². The van der Waals surface area contributed by atoms with Crippen molar-refractivity contribution in [1.82, 2.24) is 4.72 Å². The van der Waals surface area contributed by atoms with Gasteiger partial charge in [-0.3, -0.25) is 0 Å². The molecular formula is C13H18BrNO3S. The molecule has 0 aromatic heterocycles. The lowest BCUT2D eigenvalue weighted by Gasteiger charge is -2.19. The lowest BCUT2D eigenvalue weighted by molar-refractivity contribution is 0.180. The Labute approximate surface area is 122 Å². The lowest BCUT2D eigenvalue weighted by atomic mass is 10.0. The number of hydrogen-bond donors (Lipinski definition) is 1. The molecule has 1 fully saturated rings. The smallest absolute Gasteiger partial charge is 0.240 e. The van der Waals surface area contributed by atoms with Crippen molar-refractivity contribution in [3.8, 4) is 0 Å². The Balaban J connectivity index is 2.08. The molecule has 4 nitrogen and oxygen atoms in total. The van der Waals surface area contributed by atoms with E-state index in [1.54, 1.807) is 12.1 Å². The number of sulfonamides is 1. The average molecular weight is 348 g/mol. The molecule has 1 heterocycles. The molecule has 0 bridgehead atoms. The third-order valence-electron chi connectivity index (χ3n) is 3.40. The van der Waals surface area contributed by atoms with E-state index in [4.69, 9.17) is 4.74 Å². The van der Waals surface area contributed by atoms with Crippen LogP contribution in [0.2, 0.25) is 0 Å². The first-order valence-corrected chi connectivity index (χ1v) is 8.88. The first kappa shape index (κ1) is 15.0. The zero-order chi connectivity index (χ0) is 13.9. The van der Waals surface area contributed by atoms with Crippen molar-refractivity contribution in [2.75, 3.05) is 13.2 Å². The molecular weight excluding hydrogens is 330 g/mol. The van der Waals surface area contributed by atoms with Crippen molar-refractivity contribution in [2.24, 2.45) is 5.92 Å². The topological polar surface area (TPSA) is 55.4 Å². The average Bonchev–Trinajstić information content (AvgIpc) is 2.92.